The van der Waals surface area contributed by atoms with E-state index in [0.717, 1.165) is 25.7 Å². The predicted octanol–water partition coefficient (Wildman–Crippen LogP) is 0.940. The van der Waals surface area contributed by atoms with Crippen LogP contribution in [0.5, 0.6) is 0 Å². The monoisotopic (exact) mass is 193 g/mol. The van der Waals surface area contributed by atoms with Gasteiger partial charge in [-0.25, -0.2) is 8.42 Å². The molecule has 0 aromatic carbocycles. The number of hydrogen-bond acceptors (Lipinski definition) is 3. The van der Waals surface area contributed by atoms with Gasteiger partial charge in [0.15, 0.2) is 9.84 Å². The third-order valence-electron chi connectivity index (χ3n) is 1.74. The molecule has 12 heavy (non-hydrogen) atoms. The smallest absolute Gasteiger partial charge is 0.151 e. The van der Waals surface area contributed by atoms with Gasteiger partial charge in [-0.3, -0.25) is 0 Å². The van der Waals surface area contributed by atoms with Crippen LogP contribution in [0.15, 0.2) is 0 Å². The molecule has 0 saturated carbocycles. The second-order valence-electron chi connectivity index (χ2n) is 3.00. The minimum absolute atomic E-state index is 0.138. The topological polar surface area (TPSA) is 60.2 Å². The summed E-state index contributed by atoms with van der Waals surface area (Å²) in [5.74, 6) is 0.448. The maximum atomic E-state index is 11.1. The molecule has 0 aromatic rings. The molecule has 4 heteroatoms. The van der Waals surface area contributed by atoms with E-state index in [2.05, 4.69) is 6.92 Å². The van der Waals surface area contributed by atoms with E-state index in [4.69, 9.17) is 5.73 Å². The number of hydrogen-bond donors (Lipinski definition) is 1. The average Bonchev–Trinajstić information content (AvgIpc) is 1.98. The second-order valence-corrected chi connectivity index (χ2v) is 5.30. The average molecular weight is 193 g/mol. The summed E-state index contributed by atoms with van der Waals surface area (Å²) < 4.78 is 22.2. The van der Waals surface area contributed by atoms with Crippen LogP contribution in [0.3, 0.4) is 0 Å². The maximum absolute atomic E-state index is 11.1. The van der Waals surface area contributed by atoms with Crippen molar-refractivity contribution < 1.29 is 8.42 Å². The third-order valence-corrected chi connectivity index (χ3v) is 3.51. The lowest BCUT2D eigenvalue weighted by atomic mass is 10.2. The fourth-order valence-electron chi connectivity index (χ4n) is 1.03. The summed E-state index contributed by atoms with van der Waals surface area (Å²) in [4.78, 5) is 0. The first kappa shape index (κ1) is 11.9. The van der Waals surface area contributed by atoms with E-state index < -0.39 is 9.84 Å². The maximum Gasteiger partial charge on any atom is 0.151 e. The normalized spacial score (nSPS) is 11.8. The van der Waals surface area contributed by atoms with Gasteiger partial charge >= 0.3 is 0 Å². The Kier molecular flexibility index (Phi) is 6.38. The lowest BCUT2D eigenvalue weighted by Crippen LogP contribution is -2.18. The molecule has 0 spiro atoms. The largest absolute Gasteiger partial charge is 0.329 e. The van der Waals surface area contributed by atoms with E-state index in [9.17, 15) is 8.42 Å². The van der Waals surface area contributed by atoms with Gasteiger partial charge in [-0.15, -0.1) is 0 Å². The Hall–Kier alpha value is -0.0900. The zero-order valence-electron chi connectivity index (χ0n) is 7.75. The number of sulfone groups is 1. The van der Waals surface area contributed by atoms with E-state index in [-0.39, 0.29) is 12.3 Å². The summed E-state index contributed by atoms with van der Waals surface area (Å²) in [5.41, 5.74) is 5.17. The Bertz CT molecular complexity index is 187. The van der Waals surface area contributed by atoms with Crippen molar-refractivity contribution in [2.75, 3.05) is 18.1 Å². The molecular weight excluding hydrogens is 174 g/mol. The Morgan fingerprint density at radius 1 is 1.08 bits per heavy atom. The minimum Gasteiger partial charge on any atom is -0.329 e. The molecule has 2 N–H and O–H groups in total. The van der Waals surface area contributed by atoms with Crippen LogP contribution in [-0.4, -0.2) is 26.5 Å². The molecule has 0 aliphatic carbocycles. The number of unbranched alkanes of at least 4 members (excludes halogenated alkanes) is 3. The summed E-state index contributed by atoms with van der Waals surface area (Å²) in [6.45, 7) is 2.35. The van der Waals surface area contributed by atoms with E-state index in [1.807, 2.05) is 0 Å². The van der Waals surface area contributed by atoms with Crippen LogP contribution in [0.1, 0.15) is 32.6 Å². The van der Waals surface area contributed by atoms with Gasteiger partial charge in [0.25, 0.3) is 0 Å². The minimum atomic E-state index is -2.84. The van der Waals surface area contributed by atoms with E-state index in [1.165, 1.54) is 0 Å². The van der Waals surface area contributed by atoms with Crippen molar-refractivity contribution in [3.63, 3.8) is 0 Å². The molecule has 0 fully saturated rings. The van der Waals surface area contributed by atoms with Crippen LogP contribution in [-0.2, 0) is 9.84 Å². The lowest BCUT2D eigenvalue weighted by molar-refractivity contribution is 0.589. The fourth-order valence-corrected chi connectivity index (χ4v) is 2.24. The van der Waals surface area contributed by atoms with E-state index >= 15 is 0 Å². The van der Waals surface area contributed by atoms with Crippen LogP contribution in [0.2, 0.25) is 0 Å². The summed E-state index contributed by atoms with van der Waals surface area (Å²) in [5, 5.41) is 0. The quantitative estimate of drug-likeness (QED) is 0.612. The molecule has 3 nitrogen and oxygen atoms in total. The molecule has 0 aliphatic rings. The molecule has 0 aliphatic heterocycles. The van der Waals surface area contributed by atoms with Crippen LogP contribution >= 0.6 is 0 Å². The molecule has 0 bridgehead atoms. The van der Waals surface area contributed by atoms with Crippen LogP contribution in [0, 0.1) is 0 Å². The molecule has 0 radical (unpaired) electrons. The van der Waals surface area contributed by atoms with Crippen molar-refractivity contribution in [2.45, 2.75) is 32.6 Å². The van der Waals surface area contributed by atoms with Crippen LogP contribution in [0.4, 0.5) is 0 Å². The zero-order valence-corrected chi connectivity index (χ0v) is 8.57. The van der Waals surface area contributed by atoms with Gasteiger partial charge in [-0.1, -0.05) is 26.2 Å². The van der Waals surface area contributed by atoms with Crippen molar-refractivity contribution in [1.82, 2.24) is 0 Å². The highest BCUT2D eigenvalue weighted by molar-refractivity contribution is 7.91. The van der Waals surface area contributed by atoms with Gasteiger partial charge in [0, 0.05) is 6.54 Å². The van der Waals surface area contributed by atoms with Crippen molar-refractivity contribution in [1.29, 1.82) is 0 Å². The van der Waals surface area contributed by atoms with Crippen molar-refractivity contribution in [3.8, 4) is 0 Å². The molecule has 0 unspecified atom stereocenters. The molecule has 0 aromatic heterocycles. The molecule has 74 valence electrons. The predicted molar refractivity (Wildman–Crippen MR) is 51.9 cm³/mol. The van der Waals surface area contributed by atoms with Gasteiger partial charge in [0.05, 0.1) is 11.5 Å². The van der Waals surface area contributed by atoms with Crippen LogP contribution in [0.25, 0.3) is 0 Å². The molecule has 0 heterocycles. The lowest BCUT2D eigenvalue weighted by Gasteiger charge is -2.01. The first-order chi connectivity index (χ1) is 5.62. The molecule has 0 saturated heterocycles. The molecular formula is C8H19NO2S. The zero-order chi connectivity index (χ0) is 9.45. The van der Waals surface area contributed by atoms with Gasteiger partial charge in [0.1, 0.15) is 0 Å². The van der Waals surface area contributed by atoms with Crippen LogP contribution < -0.4 is 5.73 Å². The Balaban J connectivity index is 3.48. The Morgan fingerprint density at radius 2 is 1.75 bits per heavy atom. The highest BCUT2D eigenvalue weighted by Crippen LogP contribution is 2.02. The summed E-state index contributed by atoms with van der Waals surface area (Å²) in [6.07, 6.45) is 4.06. The summed E-state index contributed by atoms with van der Waals surface area (Å²) >= 11 is 0. The van der Waals surface area contributed by atoms with Crippen molar-refractivity contribution in [2.24, 2.45) is 5.73 Å². The van der Waals surface area contributed by atoms with Crippen molar-refractivity contribution >= 4 is 9.84 Å². The summed E-state index contributed by atoms with van der Waals surface area (Å²) in [6, 6.07) is 0. The third kappa shape index (κ3) is 6.61. The van der Waals surface area contributed by atoms with Crippen molar-refractivity contribution in [3.05, 3.63) is 0 Å². The number of rotatable bonds is 7. The van der Waals surface area contributed by atoms with Gasteiger partial charge < -0.3 is 5.73 Å². The molecule has 0 rings (SSSR count). The van der Waals surface area contributed by atoms with E-state index in [1.54, 1.807) is 0 Å². The molecule has 0 atom stereocenters. The SMILES string of the molecule is CCCCCCS(=O)(=O)CCN. The summed E-state index contributed by atoms with van der Waals surface area (Å²) in [7, 11) is -2.84. The fraction of sp³-hybridized carbons (Fsp3) is 1.00. The Labute approximate surface area is 75.3 Å². The second kappa shape index (κ2) is 6.43. The van der Waals surface area contributed by atoms with Gasteiger partial charge in [-0.2, -0.15) is 0 Å². The first-order valence-electron chi connectivity index (χ1n) is 4.53. The molecule has 0 amide bonds. The standard InChI is InChI=1S/C8H19NO2S/c1-2-3-4-5-7-12(10,11)8-6-9/h2-9H2,1H3. The van der Waals surface area contributed by atoms with Gasteiger partial charge in [0.2, 0.25) is 0 Å². The van der Waals surface area contributed by atoms with E-state index in [0.29, 0.717) is 5.75 Å². The highest BCUT2D eigenvalue weighted by atomic mass is 32.2. The Morgan fingerprint density at radius 3 is 2.25 bits per heavy atom. The van der Waals surface area contributed by atoms with Gasteiger partial charge in [-0.05, 0) is 6.42 Å². The first-order valence-corrected chi connectivity index (χ1v) is 6.35. The number of nitrogens with two attached hydrogens (primary N) is 1. The highest BCUT2D eigenvalue weighted by Gasteiger charge is 2.07.